The zero-order chi connectivity index (χ0) is 34.6. The van der Waals surface area contributed by atoms with Gasteiger partial charge < -0.3 is 30.0 Å². The molecular formula is C42H35BrN2O4S2. The van der Waals surface area contributed by atoms with Crippen LogP contribution in [0.4, 0.5) is 17.1 Å². The van der Waals surface area contributed by atoms with Gasteiger partial charge in [0.15, 0.2) is 12.6 Å². The zero-order valence-electron chi connectivity index (χ0n) is 27.6. The maximum Gasteiger partial charge on any atom is 0.184 e. The maximum absolute atomic E-state index is 5.62. The van der Waals surface area contributed by atoms with Gasteiger partial charge in [0.05, 0.1) is 36.8 Å². The fourth-order valence-electron chi connectivity index (χ4n) is 6.28. The third kappa shape index (κ3) is 7.52. The minimum Gasteiger partial charge on any atom is -0.399 e. The van der Waals surface area contributed by atoms with Gasteiger partial charge in [0.25, 0.3) is 0 Å². The van der Waals surface area contributed by atoms with Gasteiger partial charge in [-0.05, 0) is 64.5 Å². The van der Waals surface area contributed by atoms with E-state index < -0.39 is 0 Å². The first-order valence-corrected chi connectivity index (χ1v) is 19.2. The standard InChI is InChI=1S/C21H17NO2S.C12H7BrS.C9H11NO2/c1-2-10-19-16(7-1)17-8-4-9-18(20(17)25-19)22-15-6-3-5-14(13-15)21-23-11-12-24-21;13-10-6-3-5-9-8-4-1-2-7-11(8)14-12(9)10;10-8-3-1-2-7(6-8)9-11-4-5-12-9/h1-10,13,21-22H,11-12H2;1-7H;1-3,6,9H,4-5,10H2. The average molecular weight is 776 g/mol. The van der Waals surface area contributed by atoms with E-state index in [1.165, 1.54) is 44.8 Å². The van der Waals surface area contributed by atoms with E-state index in [9.17, 15) is 0 Å². The lowest BCUT2D eigenvalue weighted by atomic mass is 10.1. The first kappa shape index (κ1) is 33.8. The van der Waals surface area contributed by atoms with E-state index in [4.69, 9.17) is 24.7 Å². The summed E-state index contributed by atoms with van der Waals surface area (Å²) in [7, 11) is 0. The second-order valence-corrected chi connectivity index (χ2v) is 15.0. The minimum absolute atomic E-state index is 0.214. The molecule has 2 aromatic heterocycles. The van der Waals surface area contributed by atoms with E-state index in [0.717, 1.165) is 28.2 Å². The van der Waals surface area contributed by atoms with Crippen LogP contribution >= 0.6 is 38.6 Å². The van der Waals surface area contributed by atoms with Crippen LogP contribution in [0.5, 0.6) is 0 Å². The van der Waals surface area contributed by atoms with Crippen LogP contribution in [-0.2, 0) is 18.9 Å². The molecule has 256 valence electrons. The van der Waals surface area contributed by atoms with Gasteiger partial charge in [-0.2, -0.15) is 0 Å². The van der Waals surface area contributed by atoms with Gasteiger partial charge in [0.2, 0.25) is 0 Å². The Morgan fingerprint density at radius 1 is 0.529 bits per heavy atom. The summed E-state index contributed by atoms with van der Waals surface area (Å²) in [5, 5.41) is 8.88. The number of fused-ring (bicyclic) bond motifs is 6. The van der Waals surface area contributed by atoms with Gasteiger partial charge in [-0.15, -0.1) is 22.7 Å². The van der Waals surface area contributed by atoms with Crippen molar-refractivity contribution < 1.29 is 18.9 Å². The molecule has 0 unspecified atom stereocenters. The second-order valence-electron chi connectivity index (χ2n) is 12.1. The predicted molar refractivity (Wildman–Crippen MR) is 216 cm³/mol. The lowest BCUT2D eigenvalue weighted by Crippen LogP contribution is -1.99. The summed E-state index contributed by atoms with van der Waals surface area (Å²) in [4.78, 5) is 0. The summed E-state index contributed by atoms with van der Waals surface area (Å²) in [6.07, 6.45) is -0.463. The molecule has 2 aliphatic heterocycles. The summed E-state index contributed by atoms with van der Waals surface area (Å²) in [6.45, 7) is 2.64. The molecule has 0 atom stereocenters. The highest BCUT2D eigenvalue weighted by atomic mass is 79.9. The first-order chi connectivity index (χ1) is 25.1. The van der Waals surface area contributed by atoms with E-state index in [2.05, 4.69) is 118 Å². The van der Waals surface area contributed by atoms with E-state index in [1.54, 1.807) is 0 Å². The molecule has 0 bridgehead atoms. The zero-order valence-corrected chi connectivity index (χ0v) is 30.8. The van der Waals surface area contributed by atoms with Gasteiger partial charge in [0, 0.05) is 62.6 Å². The molecule has 10 rings (SSSR count). The van der Waals surface area contributed by atoms with Crippen LogP contribution in [0.2, 0.25) is 0 Å². The predicted octanol–water partition coefficient (Wildman–Crippen LogP) is 12.0. The number of hydrogen-bond donors (Lipinski definition) is 2. The molecule has 2 saturated heterocycles. The van der Waals surface area contributed by atoms with Crippen molar-refractivity contribution in [2.24, 2.45) is 0 Å². The number of hydrogen-bond acceptors (Lipinski definition) is 8. The summed E-state index contributed by atoms with van der Waals surface area (Å²) in [5.41, 5.74) is 10.6. The van der Waals surface area contributed by atoms with Crippen LogP contribution in [0.1, 0.15) is 23.7 Å². The van der Waals surface area contributed by atoms with Crippen LogP contribution < -0.4 is 11.1 Å². The SMILES string of the molecule is Brc1cccc2c1sc1ccccc12.Nc1cccc(C2OCCO2)c1.c1cc(Nc2cccc3c2sc2ccccc23)cc(C2OCCO2)c1. The molecule has 6 aromatic carbocycles. The Bertz CT molecular complexity index is 2430. The number of nitrogen functional groups attached to an aromatic ring is 1. The lowest BCUT2D eigenvalue weighted by Gasteiger charge is -2.12. The topological polar surface area (TPSA) is 75.0 Å². The fraction of sp³-hybridized carbons (Fsp3) is 0.143. The van der Waals surface area contributed by atoms with E-state index in [-0.39, 0.29) is 12.6 Å². The molecule has 51 heavy (non-hydrogen) atoms. The van der Waals surface area contributed by atoms with Crippen molar-refractivity contribution in [3.05, 3.63) is 149 Å². The smallest absolute Gasteiger partial charge is 0.184 e. The molecule has 3 N–H and O–H groups in total. The second kappa shape index (κ2) is 15.5. The minimum atomic E-state index is -0.248. The van der Waals surface area contributed by atoms with Crippen molar-refractivity contribution in [3.63, 3.8) is 0 Å². The van der Waals surface area contributed by atoms with Gasteiger partial charge in [-0.25, -0.2) is 0 Å². The van der Waals surface area contributed by atoms with Crippen LogP contribution in [-0.4, -0.2) is 26.4 Å². The number of ether oxygens (including phenoxy) is 4. The Balaban J connectivity index is 0.000000121. The number of halogens is 1. The fourth-order valence-corrected chi connectivity index (χ4v) is 9.17. The third-order valence-corrected chi connectivity index (χ3v) is 12.0. The Morgan fingerprint density at radius 3 is 1.69 bits per heavy atom. The lowest BCUT2D eigenvalue weighted by molar-refractivity contribution is -0.0442. The molecular weight excluding hydrogens is 741 g/mol. The molecule has 4 heterocycles. The maximum atomic E-state index is 5.62. The number of benzene rings is 6. The summed E-state index contributed by atoms with van der Waals surface area (Å²) >= 11 is 7.25. The largest absolute Gasteiger partial charge is 0.399 e. The molecule has 0 amide bonds. The summed E-state index contributed by atoms with van der Waals surface area (Å²) in [5.74, 6) is 0. The Kier molecular flexibility index (Phi) is 10.3. The number of nitrogens with two attached hydrogens (primary N) is 1. The Labute approximate surface area is 312 Å². The Morgan fingerprint density at radius 2 is 1.04 bits per heavy atom. The number of thiophene rings is 2. The molecule has 0 saturated carbocycles. The van der Waals surface area contributed by atoms with Gasteiger partial charge >= 0.3 is 0 Å². The van der Waals surface area contributed by atoms with Crippen molar-refractivity contribution in [1.29, 1.82) is 0 Å². The van der Waals surface area contributed by atoms with Crippen LogP contribution in [0, 0.1) is 0 Å². The van der Waals surface area contributed by atoms with Crippen LogP contribution in [0.3, 0.4) is 0 Å². The van der Waals surface area contributed by atoms with Crippen molar-refractivity contribution in [2.45, 2.75) is 12.6 Å². The monoisotopic (exact) mass is 774 g/mol. The van der Waals surface area contributed by atoms with Crippen molar-refractivity contribution in [1.82, 2.24) is 0 Å². The molecule has 9 heteroatoms. The Hall–Kier alpha value is -4.32. The summed E-state index contributed by atoms with van der Waals surface area (Å²) in [6, 6.07) is 45.7. The normalized spacial score (nSPS) is 14.8. The number of rotatable bonds is 4. The number of nitrogens with one attached hydrogen (secondary N) is 1. The van der Waals surface area contributed by atoms with Gasteiger partial charge in [-0.1, -0.05) is 84.9 Å². The highest BCUT2D eigenvalue weighted by Gasteiger charge is 2.19. The van der Waals surface area contributed by atoms with Crippen molar-refractivity contribution >= 4 is 96.0 Å². The molecule has 2 aliphatic rings. The highest BCUT2D eigenvalue weighted by Crippen LogP contribution is 2.40. The molecule has 2 fully saturated rings. The van der Waals surface area contributed by atoms with E-state index in [0.29, 0.717) is 26.4 Å². The molecule has 0 aliphatic carbocycles. The van der Waals surface area contributed by atoms with Crippen molar-refractivity contribution in [2.75, 3.05) is 37.5 Å². The van der Waals surface area contributed by atoms with Crippen molar-refractivity contribution in [3.8, 4) is 0 Å². The molecule has 8 aromatic rings. The van der Waals surface area contributed by atoms with Gasteiger partial charge in [0.1, 0.15) is 0 Å². The summed E-state index contributed by atoms with van der Waals surface area (Å²) < 4.78 is 28.3. The quantitative estimate of drug-likeness (QED) is 0.173. The van der Waals surface area contributed by atoms with E-state index >= 15 is 0 Å². The third-order valence-electron chi connectivity index (χ3n) is 8.62. The molecule has 0 radical (unpaired) electrons. The molecule has 6 nitrogen and oxygen atoms in total. The van der Waals surface area contributed by atoms with Crippen LogP contribution in [0.15, 0.2) is 138 Å². The van der Waals surface area contributed by atoms with E-state index in [1.807, 2.05) is 59.1 Å². The number of anilines is 3. The van der Waals surface area contributed by atoms with Gasteiger partial charge in [-0.3, -0.25) is 0 Å². The van der Waals surface area contributed by atoms with Crippen LogP contribution in [0.25, 0.3) is 40.3 Å². The first-order valence-electron chi connectivity index (χ1n) is 16.8. The highest BCUT2D eigenvalue weighted by molar-refractivity contribution is 9.10. The average Bonchev–Trinajstić information content (AvgIpc) is 4.00. The molecule has 0 spiro atoms.